The fourth-order valence-electron chi connectivity index (χ4n) is 3.22. The molecule has 0 aliphatic heterocycles. The topological polar surface area (TPSA) is 12.0 Å². The maximum absolute atomic E-state index is 3.80. The number of benzene rings is 1. The van der Waals surface area contributed by atoms with E-state index in [0.29, 0.717) is 11.5 Å². The number of fused-ring (bicyclic) bond motifs is 1. The third-order valence-corrected chi connectivity index (χ3v) is 4.73. The van der Waals surface area contributed by atoms with E-state index in [1.54, 1.807) is 11.1 Å². The van der Waals surface area contributed by atoms with E-state index >= 15 is 0 Å². The van der Waals surface area contributed by atoms with E-state index in [-0.39, 0.29) is 0 Å². The molecule has 0 radical (unpaired) electrons. The number of aryl methyl sites for hydroxylation is 1. The predicted octanol–water partition coefficient (Wildman–Crippen LogP) is 3.32. The fourth-order valence-corrected chi connectivity index (χ4v) is 3.22. The quantitative estimate of drug-likeness (QED) is 0.838. The first kappa shape index (κ1) is 11.3. The molecule has 1 atom stereocenters. The summed E-state index contributed by atoms with van der Waals surface area (Å²) in [7, 11) is 0. The lowest BCUT2D eigenvalue weighted by Crippen LogP contribution is -2.43. The first-order chi connectivity index (χ1) is 8.25. The lowest BCUT2D eigenvalue weighted by molar-refractivity contribution is 0.149. The van der Waals surface area contributed by atoms with Crippen molar-refractivity contribution in [3.05, 3.63) is 35.4 Å². The highest BCUT2D eigenvalue weighted by atomic mass is 14.9. The Bertz CT molecular complexity index is 392. The molecular formula is C16H23N. The maximum atomic E-state index is 3.80. The molecular weight excluding hydrogens is 206 g/mol. The summed E-state index contributed by atoms with van der Waals surface area (Å²) in [6, 6.07) is 9.64. The molecule has 1 heteroatoms. The van der Waals surface area contributed by atoms with Crippen LogP contribution in [0.2, 0.25) is 0 Å². The van der Waals surface area contributed by atoms with Gasteiger partial charge in [0.05, 0.1) is 0 Å². The molecule has 1 fully saturated rings. The normalized spacial score (nSPS) is 26.1. The second-order valence-corrected chi connectivity index (χ2v) is 6.25. The zero-order valence-corrected chi connectivity index (χ0v) is 10.8. The number of hydrogen-bond acceptors (Lipinski definition) is 1. The van der Waals surface area contributed by atoms with Crippen LogP contribution in [-0.2, 0) is 12.8 Å². The Morgan fingerprint density at radius 3 is 2.71 bits per heavy atom. The maximum Gasteiger partial charge on any atom is 0.0111 e. The van der Waals surface area contributed by atoms with Crippen LogP contribution >= 0.6 is 0 Å². The SMILES string of the molecule is CC1(CNC2CCc3ccccc3C2)CCC1. The van der Waals surface area contributed by atoms with Crippen molar-refractivity contribution in [1.29, 1.82) is 0 Å². The molecule has 0 aromatic heterocycles. The van der Waals surface area contributed by atoms with Gasteiger partial charge >= 0.3 is 0 Å². The molecule has 17 heavy (non-hydrogen) atoms. The molecule has 0 saturated heterocycles. The second kappa shape index (κ2) is 4.45. The van der Waals surface area contributed by atoms with Crippen molar-refractivity contribution >= 4 is 0 Å². The van der Waals surface area contributed by atoms with E-state index in [0.717, 1.165) is 0 Å². The Kier molecular flexibility index (Phi) is 2.96. The third-order valence-electron chi connectivity index (χ3n) is 4.73. The van der Waals surface area contributed by atoms with Gasteiger partial charge in [-0.2, -0.15) is 0 Å². The van der Waals surface area contributed by atoms with Crippen LogP contribution in [-0.4, -0.2) is 12.6 Å². The van der Waals surface area contributed by atoms with Crippen LogP contribution in [0.15, 0.2) is 24.3 Å². The fraction of sp³-hybridized carbons (Fsp3) is 0.625. The molecule has 1 N–H and O–H groups in total. The molecule has 0 amide bonds. The summed E-state index contributed by atoms with van der Waals surface area (Å²) in [5.41, 5.74) is 3.74. The van der Waals surface area contributed by atoms with Crippen LogP contribution in [0.1, 0.15) is 43.7 Å². The van der Waals surface area contributed by atoms with Crippen LogP contribution < -0.4 is 5.32 Å². The average molecular weight is 229 g/mol. The summed E-state index contributed by atoms with van der Waals surface area (Å²) in [5, 5.41) is 3.80. The minimum absolute atomic E-state index is 0.608. The van der Waals surface area contributed by atoms with Gasteiger partial charge in [-0.3, -0.25) is 0 Å². The first-order valence-corrected chi connectivity index (χ1v) is 7.05. The lowest BCUT2D eigenvalue weighted by atomic mass is 9.70. The van der Waals surface area contributed by atoms with Crippen LogP contribution in [0.5, 0.6) is 0 Å². The summed E-state index contributed by atoms with van der Waals surface area (Å²) in [6.45, 7) is 3.65. The molecule has 0 heterocycles. The predicted molar refractivity (Wildman–Crippen MR) is 72.2 cm³/mol. The van der Waals surface area contributed by atoms with Crippen LogP contribution in [0.25, 0.3) is 0 Å². The van der Waals surface area contributed by atoms with Crippen LogP contribution in [0.4, 0.5) is 0 Å². The van der Waals surface area contributed by atoms with Gasteiger partial charge in [-0.15, -0.1) is 0 Å². The number of hydrogen-bond donors (Lipinski definition) is 1. The van der Waals surface area contributed by atoms with Crippen molar-refractivity contribution < 1.29 is 0 Å². The molecule has 92 valence electrons. The molecule has 2 aliphatic rings. The molecule has 0 spiro atoms. The van der Waals surface area contributed by atoms with Crippen molar-refractivity contribution in [3.8, 4) is 0 Å². The molecule has 1 aromatic rings. The Hall–Kier alpha value is -0.820. The monoisotopic (exact) mass is 229 g/mol. The summed E-state index contributed by atoms with van der Waals surface area (Å²) < 4.78 is 0. The highest BCUT2D eigenvalue weighted by Crippen LogP contribution is 2.39. The minimum Gasteiger partial charge on any atom is -0.313 e. The number of rotatable bonds is 3. The van der Waals surface area contributed by atoms with E-state index in [4.69, 9.17) is 0 Å². The largest absolute Gasteiger partial charge is 0.313 e. The van der Waals surface area contributed by atoms with E-state index in [9.17, 15) is 0 Å². The van der Waals surface area contributed by atoms with Crippen LogP contribution in [0.3, 0.4) is 0 Å². The third kappa shape index (κ3) is 2.40. The van der Waals surface area contributed by atoms with Crippen LogP contribution in [0, 0.1) is 5.41 Å². The van der Waals surface area contributed by atoms with Gasteiger partial charge in [0.1, 0.15) is 0 Å². The summed E-state index contributed by atoms with van der Waals surface area (Å²) in [6.07, 6.45) is 8.07. The molecule has 1 saturated carbocycles. The Balaban J connectivity index is 1.57. The van der Waals surface area contributed by atoms with Gasteiger partial charge in [0.25, 0.3) is 0 Å². The first-order valence-electron chi connectivity index (χ1n) is 7.05. The standard InChI is InChI=1S/C16H23N/c1-16(9-4-10-16)12-17-15-8-7-13-5-2-3-6-14(13)11-15/h2-3,5-6,15,17H,4,7-12H2,1H3. The molecule has 1 nitrogen and oxygen atoms in total. The molecule has 0 bridgehead atoms. The molecule has 1 aromatic carbocycles. The Labute approximate surface area is 105 Å². The summed E-state index contributed by atoms with van der Waals surface area (Å²) in [5.74, 6) is 0. The van der Waals surface area contributed by atoms with Gasteiger partial charge in [0, 0.05) is 12.6 Å². The van der Waals surface area contributed by atoms with Crippen molar-refractivity contribution in [2.24, 2.45) is 5.41 Å². The van der Waals surface area contributed by atoms with E-state index in [1.807, 2.05) is 0 Å². The van der Waals surface area contributed by atoms with Crippen molar-refractivity contribution in [2.75, 3.05) is 6.54 Å². The zero-order valence-electron chi connectivity index (χ0n) is 10.8. The second-order valence-electron chi connectivity index (χ2n) is 6.25. The van der Waals surface area contributed by atoms with Crippen molar-refractivity contribution in [2.45, 2.75) is 51.5 Å². The number of nitrogens with one attached hydrogen (secondary N) is 1. The minimum atomic E-state index is 0.608. The smallest absolute Gasteiger partial charge is 0.0111 e. The Morgan fingerprint density at radius 1 is 1.24 bits per heavy atom. The van der Waals surface area contributed by atoms with Gasteiger partial charge < -0.3 is 5.32 Å². The summed E-state index contributed by atoms with van der Waals surface area (Å²) in [4.78, 5) is 0. The van der Waals surface area contributed by atoms with Crippen molar-refractivity contribution in [3.63, 3.8) is 0 Å². The summed E-state index contributed by atoms with van der Waals surface area (Å²) >= 11 is 0. The van der Waals surface area contributed by atoms with Gasteiger partial charge in [-0.05, 0) is 48.6 Å². The van der Waals surface area contributed by atoms with E-state index in [2.05, 4.69) is 36.5 Å². The van der Waals surface area contributed by atoms with E-state index < -0.39 is 0 Å². The van der Waals surface area contributed by atoms with Gasteiger partial charge in [0.15, 0.2) is 0 Å². The van der Waals surface area contributed by atoms with Gasteiger partial charge in [-0.25, -0.2) is 0 Å². The molecule has 2 aliphatic carbocycles. The molecule has 1 unspecified atom stereocenters. The van der Waals surface area contributed by atoms with Crippen molar-refractivity contribution in [1.82, 2.24) is 5.32 Å². The zero-order chi connectivity index (χ0) is 11.7. The molecule has 3 rings (SSSR count). The Morgan fingerprint density at radius 2 is 2.00 bits per heavy atom. The highest BCUT2D eigenvalue weighted by molar-refractivity contribution is 5.30. The van der Waals surface area contributed by atoms with Gasteiger partial charge in [0.2, 0.25) is 0 Å². The van der Waals surface area contributed by atoms with E-state index in [1.165, 1.54) is 45.1 Å². The highest BCUT2D eigenvalue weighted by Gasteiger charge is 2.32. The lowest BCUT2D eigenvalue weighted by Gasteiger charge is -2.40. The average Bonchev–Trinajstić information content (AvgIpc) is 2.34. The van der Waals surface area contributed by atoms with Gasteiger partial charge in [-0.1, -0.05) is 37.6 Å².